The number of likely N-dealkylation sites (tertiary alicyclic amines) is 1. The number of halogens is 2. The smallest absolute Gasteiger partial charge is 0.258 e. The van der Waals surface area contributed by atoms with E-state index >= 15 is 4.39 Å². The van der Waals surface area contributed by atoms with Gasteiger partial charge in [0, 0.05) is 30.4 Å². The number of aliphatic imine (C=N–C) groups is 2. The minimum absolute atomic E-state index is 0. The number of nitrogens with one attached hydrogen (secondary N) is 1. The number of piperidine rings is 1. The maximum Gasteiger partial charge on any atom is 0.258 e. The minimum atomic E-state index is -0.787. The molecule has 3 aliphatic rings. The molecule has 208 valence electrons. The molecule has 3 aliphatic heterocycles. The molecule has 0 unspecified atom stereocenters. The van der Waals surface area contributed by atoms with Crippen molar-refractivity contribution in [3.8, 4) is 5.75 Å². The number of rotatable bonds is 7. The van der Waals surface area contributed by atoms with Gasteiger partial charge in [0.2, 0.25) is 0 Å². The van der Waals surface area contributed by atoms with E-state index in [1.807, 2.05) is 32.6 Å². The Bertz CT molecular complexity index is 1190. The summed E-state index contributed by atoms with van der Waals surface area (Å²) in [5.41, 5.74) is 8.37. The molecule has 0 saturated carbocycles. The van der Waals surface area contributed by atoms with Crippen LogP contribution in [0.1, 0.15) is 62.4 Å². The Hall–Kier alpha value is -2.56. The number of hydrogen-bond donors (Lipinski definition) is 2. The van der Waals surface area contributed by atoms with Gasteiger partial charge in [0.25, 0.3) is 5.91 Å². The molecule has 1 atom stereocenters. The number of ether oxygens (including phenoxy) is 1. The van der Waals surface area contributed by atoms with E-state index in [0.29, 0.717) is 36.2 Å². The van der Waals surface area contributed by atoms with E-state index in [-0.39, 0.29) is 41.9 Å². The number of amidine groups is 2. The van der Waals surface area contributed by atoms with E-state index in [0.717, 1.165) is 37.2 Å². The SMILES string of the molecule is CC1=C2C(N)=NC=CN2C([C@@H](C)c2cc(Cl)c(F)c(C(=O)NCC3CCN(C)CC3)c2OC(C)C)=NC1.S. The van der Waals surface area contributed by atoms with Crippen LogP contribution in [0.4, 0.5) is 4.39 Å². The highest BCUT2D eigenvalue weighted by Crippen LogP contribution is 2.39. The lowest BCUT2D eigenvalue weighted by Crippen LogP contribution is -2.40. The fourth-order valence-corrected chi connectivity index (χ4v) is 5.21. The molecule has 3 N–H and O–H groups in total. The van der Waals surface area contributed by atoms with Crippen molar-refractivity contribution in [2.45, 2.75) is 52.6 Å². The highest BCUT2D eigenvalue weighted by atomic mass is 35.5. The first-order chi connectivity index (χ1) is 17.6. The van der Waals surface area contributed by atoms with Crippen LogP contribution in [-0.4, -0.2) is 66.7 Å². The molecule has 11 heteroatoms. The summed E-state index contributed by atoms with van der Waals surface area (Å²) >= 11 is 6.37. The van der Waals surface area contributed by atoms with Gasteiger partial charge < -0.3 is 20.7 Å². The maximum absolute atomic E-state index is 15.5. The van der Waals surface area contributed by atoms with Crippen molar-refractivity contribution < 1.29 is 13.9 Å². The summed E-state index contributed by atoms with van der Waals surface area (Å²) in [7, 11) is 2.09. The monoisotopic (exact) mass is 564 g/mol. The Kier molecular flexibility index (Phi) is 9.89. The van der Waals surface area contributed by atoms with Crippen LogP contribution in [0.2, 0.25) is 5.02 Å². The van der Waals surface area contributed by atoms with Crippen molar-refractivity contribution in [2.24, 2.45) is 21.6 Å². The summed E-state index contributed by atoms with van der Waals surface area (Å²) < 4.78 is 21.6. The van der Waals surface area contributed by atoms with Gasteiger partial charge in [-0.1, -0.05) is 18.5 Å². The van der Waals surface area contributed by atoms with Crippen molar-refractivity contribution in [1.82, 2.24) is 15.1 Å². The van der Waals surface area contributed by atoms with E-state index in [9.17, 15) is 4.79 Å². The van der Waals surface area contributed by atoms with Crippen molar-refractivity contribution >= 4 is 42.7 Å². The minimum Gasteiger partial charge on any atom is -0.490 e. The summed E-state index contributed by atoms with van der Waals surface area (Å²) in [4.78, 5) is 26.6. The zero-order valence-corrected chi connectivity index (χ0v) is 24.4. The number of carbonyl (C=O) groups is 1. The average molecular weight is 565 g/mol. The summed E-state index contributed by atoms with van der Waals surface area (Å²) in [5.74, 6) is -0.0783. The number of amides is 1. The predicted molar refractivity (Wildman–Crippen MR) is 156 cm³/mol. The van der Waals surface area contributed by atoms with Crippen LogP contribution in [0.3, 0.4) is 0 Å². The summed E-state index contributed by atoms with van der Waals surface area (Å²) in [6, 6.07) is 1.53. The second-order valence-electron chi connectivity index (χ2n) is 10.3. The van der Waals surface area contributed by atoms with E-state index < -0.39 is 11.7 Å². The molecule has 0 spiro atoms. The fraction of sp³-hybridized carbons (Fsp3) is 0.519. The molecule has 1 fully saturated rings. The summed E-state index contributed by atoms with van der Waals surface area (Å²) in [6.45, 7) is 10.5. The van der Waals surface area contributed by atoms with Crippen LogP contribution in [0.5, 0.6) is 5.75 Å². The summed E-state index contributed by atoms with van der Waals surface area (Å²) in [5, 5.41) is 2.80. The third-order valence-electron chi connectivity index (χ3n) is 7.07. The van der Waals surface area contributed by atoms with Gasteiger partial charge in [-0.3, -0.25) is 14.7 Å². The quantitative estimate of drug-likeness (QED) is 0.512. The lowest BCUT2D eigenvalue weighted by Gasteiger charge is -2.35. The van der Waals surface area contributed by atoms with Crippen LogP contribution in [0, 0.1) is 11.7 Å². The Balaban J connectivity index is 0.00000400. The lowest BCUT2D eigenvalue weighted by molar-refractivity contribution is 0.0928. The van der Waals surface area contributed by atoms with Gasteiger partial charge in [0.15, 0.2) is 5.82 Å². The zero-order chi connectivity index (χ0) is 26.9. The third kappa shape index (κ3) is 6.18. The predicted octanol–water partition coefficient (Wildman–Crippen LogP) is 4.38. The molecule has 0 bridgehead atoms. The van der Waals surface area contributed by atoms with E-state index in [4.69, 9.17) is 27.1 Å². The van der Waals surface area contributed by atoms with E-state index in [1.54, 1.807) is 12.4 Å². The van der Waals surface area contributed by atoms with Crippen LogP contribution in [0.25, 0.3) is 0 Å². The number of nitrogens with zero attached hydrogens (tertiary/aromatic N) is 4. The fourth-order valence-electron chi connectivity index (χ4n) is 5.00. The average Bonchev–Trinajstić information content (AvgIpc) is 2.85. The molecular formula is C27H38ClFN6O2S. The molecule has 0 aromatic heterocycles. The van der Waals surface area contributed by atoms with Gasteiger partial charge in [-0.15, -0.1) is 0 Å². The molecule has 1 aromatic carbocycles. The van der Waals surface area contributed by atoms with Gasteiger partial charge in [-0.2, -0.15) is 13.5 Å². The number of fused-ring (bicyclic) bond motifs is 1. The molecule has 1 amide bonds. The van der Waals surface area contributed by atoms with Crippen molar-refractivity contribution in [3.05, 3.63) is 51.7 Å². The molecule has 8 nitrogen and oxygen atoms in total. The van der Waals surface area contributed by atoms with Gasteiger partial charge in [0.1, 0.15) is 23.0 Å². The van der Waals surface area contributed by atoms with Crippen LogP contribution < -0.4 is 15.8 Å². The molecule has 1 saturated heterocycles. The first kappa shape index (κ1) is 30.0. The Morgan fingerprint density at radius 1 is 1.32 bits per heavy atom. The van der Waals surface area contributed by atoms with Crippen LogP contribution in [-0.2, 0) is 0 Å². The first-order valence-corrected chi connectivity index (χ1v) is 13.1. The Morgan fingerprint density at radius 3 is 2.66 bits per heavy atom. The van der Waals surface area contributed by atoms with Crippen molar-refractivity contribution in [3.63, 3.8) is 0 Å². The third-order valence-corrected chi connectivity index (χ3v) is 7.34. The molecule has 0 radical (unpaired) electrons. The lowest BCUT2D eigenvalue weighted by atomic mass is 9.93. The molecule has 0 aliphatic carbocycles. The number of hydrogen-bond acceptors (Lipinski definition) is 7. The normalized spacial score (nSPS) is 19.0. The second-order valence-corrected chi connectivity index (χ2v) is 10.7. The molecule has 38 heavy (non-hydrogen) atoms. The Morgan fingerprint density at radius 2 is 2.00 bits per heavy atom. The van der Waals surface area contributed by atoms with Crippen LogP contribution >= 0.6 is 25.1 Å². The molecule has 3 heterocycles. The molecular weight excluding hydrogens is 527 g/mol. The van der Waals surface area contributed by atoms with E-state index in [1.165, 1.54) is 6.07 Å². The van der Waals surface area contributed by atoms with Gasteiger partial charge in [0.05, 0.1) is 23.4 Å². The summed E-state index contributed by atoms with van der Waals surface area (Å²) in [6.07, 6.45) is 5.09. The van der Waals surface area contributed by atoms with Gasteiger partial charge in [-0.25, -0.2) is 9.38 Å². The largest absolute Gasteiger partial charge is 0.490 e. The van der Waals surface area contributed by atoms with E-state index in [2.05, 4.69) is 22.3 Å². The molecule has 1 aromatic rings. The van der Waals surface area contributed by atoms with Gasteiger partial charge in [-0.05, 0) is 71.3 Å². The first-order valence-electron chi connectivity index (χ1n) is 12.8. The number of carbonyl (C=O) groups excluding carboxylic acids is 1. The van der Waals surface area contributed by atoms with Crippen LogP contribution in [0.15, 0.2) is 39.7 Å². The standard InChI is InChI=1S/C27H36ClFN6O2.H2S/c1-15(2)37-24-19(17(4)26-32-13-16(3)23-25(30)31-8-11-35(23)26)12-20(28)22(29)21(24)27(36)33-14-18-6-9-34(5)10-7-18;/h8,11-12,15,17-18H,6-7,9-10,13-14H2,1-5H3,(H2,30,31)(H,33,36);1H2/t17-;/m0./s1. The zero-order valence-electron chi connectivity index (χ0n) is 22.6. The van der Waals surface area contributed by atoms with Crippen molar-refractivity contribution in [2.75, 3.05) is 33.2 Å². The highest BCUT2D eigenvalue weighted by Gasteiger charge is 2.34. The Labute approximate surface area is 236 Å². The highest BCUT2D eigenvalue weighted by molar-refractivity contribution is 7.59. The number of benzene rings is 1. The van der Waals surface area contributed by atoms with Crippen molar-refractivity contribution in [1.29, 1.82) is 0 Å². The topological polar surface area (TPSA) is 95.5 Å². The molecule has 4 rings (SSSR count). The second kappa shape index (κ2) is 12.5. The van der Waals surface area contributed by atoms with Gasteiger partial charge >= 0.3 is 0 Å². The number of nitrogens with two attached hydrogens (primary N) is 1. The maximum atomic E-state index is 15.5.